The van der Waals surface area contributed by atoms with Crippen LogP contribution >= 0.6 is 11.3 Å². The number of carbonyl (C=O) groups excluding carboxylic acids is 2. The summed E-state index contributed by atoms with van der Waals surface area (Å²) < 4.78 is 12.2. The van der Waals surface area contributed by atoms with Gasteiger partial charge in [-0.3, -0.25) is 4.79 Å². The number of nitriles is 1. The number of anilines is 1. The van der Waals surface area contributed by atoms with Gasteiger partial charge in [0, 0.05) is 29.8 Å². The predicted molar refractivity (Wildman–Crippen MR) is 122 cm³/mol. The van der Waals surface area contributed by atoms with Crippen molar-refractivity contribution in [1.29, 1.82) is 5.26 Å². The molecule has 3 aromatic heterocycles. The van der Waals surface area contributed by atoms with Crippen LogP contribution in [0.4, 0.5) is 9.80 Å². The van der Waals surface area contributed by atoms with Gasteiger partial charge in [-0.25, -0.2) is 9.78 Å². The van der Waals surface area contributed by atoms with Crippen LogP contribution in [0.15, 0.2) is 41.6 Å². The van der Waals surface area contributed by atoms with E-state index in [2.05, 4.69) is 21.7 Å². The van der Waals surface area contributed by atoms with Gasteiger partial charge in [0.1, 0.15) is 11.1 Å². The number of hydrogen-bond acceptors (Lipinski definition) is 7. The van der Waals surface area contributed by atoms with E-state index in [1.54, 1.807) is 24.7 Å². The van der Waals surface area contributed by atoms with Crippen molar-refractivity contribution in [2.45, 2.75) is 25.8 Å². The van der Waals surface area contributed by atoms with Crippen LogP contribution < -0.4 is 10.6 Å². The van der Waals surface area contributed by atoms with Gasteiger partial charge >= 0.3 is 6.09 Å². The standard InChI is InChI=1S/C23H23N5O4S/c1-28-14-25-10-17(28)11-26-23(30)32-13-16-2-4-18-19(9-24)22(33-20(18)8-16)27-21(29)5-3-15-6-7-31-12-15/h3,5-7,10,12,14,16H,2,4,8,11,13H2,1H3,(H,26,30)(H,27,29). The van der Waals surface area contributed by atoms with Crippen molar-refractivity contribution < 1.29 is 18.7 Å². The summed E-state index contributed by atoms with van der Waals surface area (Å²) in [6, 6.07) is 3.98. The Labute approximate surface area is 194 Å². The first kappa shape index (κ1) is 22.4. The average Bonchev–Trinajstić information content (AvgIpc) is 3.54. The molecule has 1 unspecified atom stereocenters. The molecular formula is C23H23N5O4S. The minimum absolute atomic E-state index is 0.162. The Morgan fingerprint density at radius 1 is 1.48 bits per heavy atom. The van der Waals surface area contributed by atoms with Crippen LogP contribution in [0.5, 0.6) is 0 Å². The van der Waals surface area contributed by atoms with Crippen LogP contribution in [0.25, 0.3) is 6.08 Å². The molecule has 3 heterocycles. The van der Waals surface area contributed by atoms with E-state index < -0.39 is 6.09 Å². The SMILES string of the molecule is Cn1cncc1CNC(=O)OCC1CCc2c(sc(NC(=O)C=Cc3ccoc3)c2C#N)C1. The lowest BCUT2D eigenvalue weighted by Gasteiger charge is -2.21. The Hall–Kier alpha value is -3.84. The summed E-state index contributed by atoms with van der Waals surface area (Å²) in [5.74, 6) is -0.147. The zero-order chi connectivity index (χ0) is 23.2. The Kier molecular flexibility index (Phi) is 6.90. The summed E-state index contributed by atoms with van der Waals surface area (Å²) in [6.45, 7) is 0.643. The lowest BCUT2D eigenvalue weighted by Crippen LogP contribution is -2.28. The fourth-order valence-corrected chi connectivity index (χ4v) is 4.98. The number of ether oxygens (including phenoxy) is 1. The highest BCUT2D eigenvalue weighted by Gasteiger charge is 2.27. The molecule has 0 aromatic carbocycles. The summed E-state index contributed by atoms with van der Waals surface area (Å²) in [5, 5.41) is 15.7. The van der Waals surface area contributed by atoms with Gasteiger partial charge in [-0.2, -0.15) is 5.26 Å². The molecule has 0 aliphatic heterocycles. The molecule has 33 heavy (non-hydrogen) atoms. The third kappa shape index (κ3) is 5.51. The van der Waals surface area contributed by atoms with Gasteiger partial charge in [-0.1, -0.05) is 0 Å². The smallest absolute Gasteiger partial charge is 0.407 e. The van der Waals surface area contributed by atoms with Gasteiger partial charge in [0.2, 0.25) is 5.91 Å². The molecule has 0 bridgehead atoms. The van der Waals surface area contributed by atoms with Crippen molar-refractivity contribution in [2.24, 2.45) is 13.0 Å². The Balaban J connectivity index is 1.31. The number of furan rings is 1. The number of carbonyl (C=O) groups is 2. The summed E-state index contributed by atoms with van der Waals surface area (Å²) in [4.78, 5) is 29.4. The number of aryl methyl sites for hydroxylation is 1. The summed E-state index contributed by atoms with van der Waals surface area (Å²) >= 11 is 1.41. The number of fused-ring (bicyclic) bond motifs is 1. The third-order valence-electron chi connectivity index (χ3n) is 5.47. The lowest BCUT2D eigenvalue weighted by atomic mass is 9.88. The van der Waals surface area contributed by atoms with Crippen LogP contribution in [0.3, 0.4) is 0 Å². The van der Waals surface area contributed by atoms with Gasteiger partial charge < -0.3 is 24.4 Å². The number of imidazole rings is 1. The monoisotopic (exact) mass is 465 g/mol. The van der Waals surface area contributed by atoms with E-state index in [0.717, 1.165) is 28.1 Å². The predicted octanol–water partition coefficient (Wildman–Crippen LogP) is 3.63. The highest BCUT2D eigenvalue weighted by Crippen LogP contribution is 2.39. The van der Waals surface area contributed by atoms with Crippen LogP contribution in [0.2, 0.25) is 0 Å². The molecule has 0 saturated heterocycles. The Bertz CT molecular complexity index is 1200. The van der Waals surface area contributed by atoms with Crippen LogP contribution in [-0.2, 0) is 36.0 Å². The van der Waals surface area contributed by atoms with Crippen molar-refractivity contribution in [3.63, 3.8) is 0 Å². The van der Waals surface area contributed by atoms with Gasteiger partial charge in [-0.05, 0) is 42.9 Å². The third-order valence-corrected chi connectivity index (χ3v) is 6.64. The first-order valence-corrected chi connectivity index (χ1v) is 11.3. The molecule has 1 aliphatic rings. The molecule has 2 N–H and O–H groups in total. The lowest BCUT2D eigenvalue weighted by molar-refractivity contribution is -0.111. The molecule has 1 aliphatic carbocycles. The van der Waals surface area contributed by atoms with E-state index in [1.165, 1.54) is 29.9 Å². The maximum Gasteiger partial charge on any atom is 0.407 e. The van der Waals surface area contributed by atoms with E-state index in [-0.39, 0.29) is 11.8 Å². The Morgan fingerprint density at radius 3 is 3.09 bits per heavy atom. The molecule has 0 spiro atoms. The first-order chi connectivity index (χ1) is 16.0. The number of rotatable bonds is 7. The summed E-state index contributed by atoms with van der Waals surface area (Å²) in [5.41, 5.74) is 3.16. The normalized spacial score (nSPS) is 15.1. The fourth-order valence-electron chi connectivity index (χ4n) is 3.66. The molecule has 170 valence electrons. The largest absolute Gasteiger partial charge is 0.472 e. The zero-order valence-corrected chi connectivity index (χ0v) is 18.9. The molecule has 0 saturated carbocycles. The average molecular weight is 466 g/mol. The van der Waals surface area contributed by atoms with Crippen molar-refractivity contribution in [3.8, 4) is 6.07 Å². The number of alkyl carbamates (subject to hydrolysis) is 1. The molecule has 9 nitrogen and oxygen atoms in total. The molecule has 0 fully saturated rings. The van der Waals surface area contributed by atoms with Crippen molar-refractivity contribution in [2.75, 3.05) is 11.9 Å². The van der Waals surface area contributed by atoms with Crippen molar-refractivity contribution in [1.82, 2.24) is 14.9 Å². The molecule has 1 atom stereocenters. The highest BCUT2D eigenvalue weighted by atomic mass is 32.1. The maximum absolute atomic E-state index is 12.3. The second kappa shape index (κ2) is 10.2. The van der Waals surface area contributed by atoms with Crippen molar-refractivity contribution in [3.05, 3.63) is 64.5 Å². The molecule has 0 radical (unpaired) electrons. The molecule has 10 heteroatoms. The number of hydrogen-bond donors (Lipinski definition) is 2. The zero-order valence-electron chi connectivity index (χ0n) is 18.0. The van der Waals surface area contributed by atoms with Crippen LogP contribution in [-0.4, -0.2) is 28.2 Å². The molecule has 2 amide bonds. The van der Waals surface area contributed by atoms with E-state index >= 15 is 0 Å². The topological polar surface area (TPSA) is 122 Å². The fraction of sp³-hybridized carbons (Fsp3) is 0.304. The van der Waals surface area contributed by atoms with Crippen LogP contribution in [0, 0.1) is 17.2 Å². The van der Waals surface area contributed by atoms with Gasteiger partial charge in [0.15, 0.2) is 0 Å². The second-order valence-corrected chi connectivity index (χ2v) is 8.86. The van der Waals surface area contributed by atoms with E-state index in [1.807, 2.05) is 11.6 Å². The van der Waals surface area contributed by atoms with E-state index in [4.69, 9.17) is 9.15 Å². The van der Waals surface area contributed by atoms with Gasteiger partial charge in [-0.15, -0.1) is 11.3 Å². The van der Waals surface area contributed by atoms with Gasteiger partial charge in [0.25, 0.3) is 0 Å². The first-order valence-electron chi connectivity index (χ1n) is 10.4. The molecule has 4 rings (SSSR count). The van der Waals surface area contributed by atoms with Gasteiger partial charge in [0.05, 0.1) is 43.3 Å². The minimum Gasteiger partial charge on any atom is -0.472 e. The van der Waals surface area contributed by atoms with Crippen molar-refractivity contribution >= 4 is 34.4 Å². The van der Waals surface area contributed by atoms with E-state index in [9.17, 15) is 14.9 Å². The molecule has 3 aromatic rings. The number of amides is 2. The quantitative estimate of drug-likeness (QED) is 0.514. The number of nitrogens with zero attached hydrogens (tertiary/aromatic N) is 3. The maximum atomic E-state index is 12.3. The summed E-state index contributed by atoms with van der Waals surface area (Å²) in [7, 11) is 1.86. The molecular weight excluding hydrogens is 442 g/mol. The minimum atomic E-state index is -0.469. The second-order valence-electron chi connectivity index (χ2n) is 7.76. The summed E-state index contributed by atoms with van der Waals surface area (Å²) in [6.07, 6.45) is 11.2. The van der Waals surface area contributed by atoms with E-state index in [0.29, 0.717) is 36.6 Å². The number of aromatic nitrogens is 2. The number of nitrogens with one attached hydrogen (secondary N) is 2. The van der Waals surface area contributed by atoms with Crippen LogP contribution in [0.1, 0.15) is 33.7 Å². The highest BCUT2D eigenvalue weighted by molar-refractivity contribution is 7.16. The number of thiophene rings is 1. The Morgan fingerprint density at radius 2 is 2.36 bits per heavy atom.